The highest BCUT2D eigenvalue weighted by atomic mass is 16.3. The molecule has 1 N–H and O–H groups in total. The monoisotopic (exact) mass is 374 g/mol. The Kier molecular flexibility index (Phi) is 6.51. The summed E-state index contributed by atoms with van der Waals surface area (Å²) in [5.41, 5.74) is 0.739. The summed E-state index contributed by atoms with van der Waals surface area (Å²) in [6.45, 7) is 7.23. The van der Waals surface area contributed by atoms with Gasteiger partial charge in [0.1, 0.15) is 0 Å². The molecule has 8 unspecified atom stereocenters. The molecule has 0 bridgehead atoms. The lowest BCUT2D eigenvalue weighted by molar-refractivity contribution is -0.164. The minimum absolute atomic E-state index is 0. The third-order valence-corrected chi connectivity index (χ3v) is 10.0. The second kappa shape index (κ2) is 8.21. The van der Waals surface area contributed by atoms with Crippen LogP contribution < -0.4 is 0 Å². The second-order valence-corrected chi connectivity index (χ2v) is 10.8. The Labute approximate surface area is 169 Å². The third-order valence-electron chi connectivity index (χ3n) is 10.0. The Morgan fingerprint density at radius 3 is 2.59 bits per heavy atom. The first kappa shape index (κ1) is 21.4. The van der Waals surface area contributed by atoms with Crippen LogP contribution in [0.25, 0.3) is 0 Å². The summed E-state index contributed by atoms with van der Waals surface area (Å²) in [5, 5.41) is 11.4. The summed E-state index contributed by atoms with van der Waals surface area (Å²) >= 11 is 0. The van der Waals surface area contributed by atoms with E-state index < -0.39 is 0 Å². The van der Waals surface area contributed by atoms with E-state index >= 15 is 0 Å². The first-order valence-corrected chi connectivity index (χ1v) is 11.8. The number of rotatable bonds is 4. The van der Waals surface area contributed by atoms with Crippen molar-refractivity contribution >= 4 is 0 Å². The fourth-order valence-corrected chi connectivity index (χ4v) is 8.50. The first-order chi connectivity index (χ1) is 12.5. The van der Waals surface area contributed by atoms with Gasteiger partial charge in [-0.05, 0) is 112 Å². The highest BCUT2D eigenvalue weighted by Crippen LogP contribution is 2.67. The highest BCUT2D eigenvalue weighted by Gasteiger charge is 2.62. The van der Waals surface area contributed by atoms with E-state index in [4.69, 9.17) is 0 Å². The molecule has 8 atom stereocenters. The molecular formula is C26H46O. The summed E-state index contributed by atoms with van der Waals surface area (Å²) in [6.07, 6.45) is 20.9. The topological polar surface area (TPSA) is 20.2 Å². The predicted octanol–water partition coefficient (Wildman–Crippen LogP) is 7.39. The molecule has 0 heterocycles. The van der Waals surface area contributed by atoms with Crippen molar-refractivity contribution in [2.24, 2.45) is 40.4 Å². The van der Waals surface area contributed by atoms with E-state index in [0.717, 1.165) is 36.0 Å². The normalized spacial score (nSPS) is 49.2. The number of aliphatic hydroxyl groups is 1. The fraction of sp³-hybridized carbons (Fsp3) is 0.923. The summed E-state index contributed by atoms with van der Waals surface area (Å²) in [6, 6.07) is 0. The molecule has 0 saturated heterocycles. The van der Waals surface area contributed by atoms with E-state index in [-0.39, 0.29) is 18.9 Å². The van der Waals surface area contributed by atoms with Crippen LogP contribution in [0.15, 0.2) is 12.2 Å². The Hall–Kier alpha value is -0.300. The lowest BCUT2D eigenvalue weighted by Crippen LogP contribution is -2.57. The van der Waals surface area contributed by atoms with E-state index in [9.17, 15) is 5.11 Å². The molecule has 4 aliphatic carbocycles. The van der Waals surface area contributed by atoms with E-state index in [1.807, 2.05) is 0 Å². The Bertz CT molecular complexity index is 524. The number of fused-ring (bicyclic) bond motifs is 5. The van der Waals surface area contributed by atoms with Crippen LogP contribution in [0.1, 0.15) is 105 Å². The van der Waals surface area contributed by atoms with Crippen molar-refractivity contribution in [1.82, 2.24) is 0 Å². The van der Waals surface area contributed by atoms with Gasteiger partial charge in [-0.3, -0.25) is 0 Å². The van der Waals surface area contributed by atoms with Crippen LogP contribution in [0.5, 0.6) is 0 Å². The lowest BCUT2D eigenvalue weighted by Gasteiger charge is -2.62. The van der Waals surface area contributed by atoms with Crippen molar-refractivity contribution in [3.05, 3.63) is 12.2 Å². The average Bonchev–Trinajstić information content (AvgIpc) is 2.97. The standard InChI is InChI=1S/C25H42O.CH4/c1-4-5-6-7-11-19-13-15-21-20-14-12-18-10-8-9-16-24(18,2)22(20)17-23(26)25(19,21)3;/h4-5,18-23,26H,6-17H2,1-3H3;1H4/b5-4+;. The quantitative estimate of drug-likeness (QED) is 0.402. The first-order valence-electron chi connectivity index (χ1n) is 11.8. The van der Waals surface area contributed by atoms with E-state index in [2.05, 4.69) is 32.9 Å². The number of hydrogen-bond acceptors (Lipinski definition) is 1. The minimum atomic E-state index is -0.0551. The number of unbranched alkanes of at least 4 members (excludes halogenated alkanes) is 1. The van der Waals surface area contributed by atoms with Crippen LogP contribution in [0, 0.1) is 40.4 Å². The van der Waals surface area contributed by atoms with Crippen LogP contribution >= 0.6 is 0 Å². The predicted molar refractivity (Wildman–Crippen MR) is 117 cm³/mol. The molecule has 0 amide bonds. The van der Waals surface area contributed by atoms with Gasteiger partial charge in [0.2, 0.25) is 0 Å². The maximum absolute atomic E-state index is 11.4. The van der Waals surface area contributed by atoms with Gasteiger partial charge in [0, 0.05) is 0 Å². The van der Waals surface area contributed by atoms with Crippen molar-refractivity contribution in [2.45, 2.75) is 111 Å². The minimum Gasteiger partial charge on any atom is -0.393 e. The Morgan fingerprint density at radius 2 is 1.81 bits per heavy atom. The summed E-state index contributed by atoms with van der Waals surface area (Å²) in [5.74, 6) is 4.21. The number of hydrogen-bond donors (Lipinski definition) is 1. The molecule has 4 fully saturated rings. The van der Waals surface area contributed by atoms with Crippen LogP contribution in [0.4, 0.5) is 0 Å². The highest BCUT2D eigenvalue weighted by molar-refractivity contribution is 5.11. The maximum atomic E-state index is 11.4. The summed E-state index contributed by atoms with van der Waals surface area (Å²) < 4.78 is 0. The van der Waals surface area contributed by atoms with Crippen LogP contribution in [0.2, 0.25) is 0 Å². The molecule has 4 saturated carbocycles. The van der Waals surface area contributed by atoms with Crippen molar-refractivity contribution in [3.63, 3.8) is 0 Å². The molecule has 0 radical (unpaired) electrons. The van der Waals surface area contributed by atoms with Gasteiger partial charge >= 0.3 is 0 Å². The Morgan fingerprint density at radius 1 is 1.00 bits per heavy atom. The molecule has 4 rings (SSSR count). The van der Waals surface area contributed by atoms with Crippen molar-refractivity contribution in [2.75, 3.05) is 0 Å². The van der Waals surface area contributed by atoms with E-state index in [0.29, 0.717) is 5.41 Å². The SMILES string of the molecule is C.C/C=C/CCCC1CCC2C3CCC4CCCCC4(C)C3CC(O)C12C. The summed E-state index contributed by atoms with van der Waals surface area (Å²) in [7, 11) is 0. The smallest absolute Gasteiger partial charge is 0.0602 e. The van der Waals surface area contributed by atoms with Gasteiger partial charge in [0.15, 0.2) is 0 Å². The molecule has 1 nitrogen and oxygen atoms in total. The maximum Gasteiger partial charge on any atom is 0.0602 e. The molecule has 1 heteroatoms. The molecule has 0 spiro atoms. The van der Waals surface area contributed by atoms with Gasteiger partial charge in [0.05, 0.1) is 6.10 Å². The fourth-order valence-electron chi connectivity index (χ4n) is 8.50. The van der Waals surface area contributed by atoms with Crippen LogP contribution in [-0.4, -0.2) is 11.2 Å². The van der Waals surface area contributed by atoms with Crippen LogP contribution in [-0.2, 0) is 0 Å². The van der Waals surface area contributed by atoms with Crippen molar-refractivity contribution < 1.29 is 5.11 Å². The van der Waals surface area contributed by atoms with E-state index in [1.54, 1.807) is 0 Å². The third kappa shape index (κ3) is 3.34. The lowest BCUT2D eigenvalue weighted by atomic mass is 9.44. The molecule has 0 aromatic carbocycles. The van der Waals surface area contributed by atoms with Crippen LogP contribution in [0.3, 0.4) is 0 Å². The molecule has 156 valence electrons. The molecule has 0 aliphatic heterocycles. The molecule has 0 aromatic rings. The molecule has 4 aliphatic rings. The van der Waals surface area contributed by atoms with Gasteiger partial charge in [-0.2, -0.15) is 0 Å². The van der Waals surface area contributed by atoms with Gasteiger partial charge in [-0.15, -0.1) is 0 Å². The number of aliphatic hydroxyl groups excluding tert-OH is 1. The number of allylic oxidation sites excluding steroid dienone is 2. The second-order valence-electron chi connectivity index (χ2n) is 10.8. The Balaban J connectivity index is 0.00000210. The summed E-state index contributed by atoms with van der Waals surface area (Å²) in [4.78, 5) is 0. The zero-order valence-electron chi connectivity index (χ0n) is 17.6. The average molecular weight is 375 g/mol. The zero-order chi connectivity index (χ0) is 18.4. The zero-order valence-corrected chi connectivity index (χ0v) is 17.6. The molecule has 27 heavy (non-hydrogen) atoms. The van der Waals surface area contributed by atoms with Gasteiger partial charge in [0.25, 0.3) is 0 Å². The molecule has 0 aromatic heterocycles. The van der Waals surface area contributed by atoms with Crippen molar-refractivity contribution in [3.8, 4) is 0 Å². The van der Waals surface area contributed by atoms with Gasteiger partial charge < -0.3 is 5.11 Å². The van der Waals surface area contributed by atoms with Gasteiger partial charge in [-0.25, -0.2) is 0 Å². The van der Waals surface area contributed by atoms with Crippen molar-refractivity contribution in [1.29, 1.82) is 0 Å². The van der Waals surface area contributed by atoms with Gasteiger partial charge in [-0.1, -0.05) is 46.3 Å². The largest absolute Gasteiger partial charge is 0.393 e. The molecular weight excluding hydrogens is 328 g/mol. The van der Waals surface area contributed by atoms with E-state index in [1.165, 1.54) is 70.6 Å².